The van der Waals surface area contributed by atoms with Crippen molar-refractivity contribution in [3.63, 3.8) is 0 Å². The second-order valence-corrected chi connectivity index (χ2v) is 3.84. The van der Waals surface area contributed by atoms with E-state index in [4.69, 9.17) is 9.47 Å². The Balaban J connectivity index is 2.13. The summed E-state index contributed by atoms with van der Waals surface area (Å²) in [7, 11) is 1.60. The second-order valence-electron chi connectivity index (χ2n) is 3.84. The highest BCUT2D eigenvalue weighted by molar-refractivity contribution is 6.07. The van der Waals surface area contributed by atoms with Crippen LogP contribution in [0.1, 0.15) is 10.4 Å². The topological polar surface area (TPSA) is 48.4 Å². The van der Waals surface area contributed by atoms with Crippen molar-refractivity contribution in [3.05, 3.63) is 42.1 Å². The summed E-state index contributed by atoms with van der Waals surface area (Å²) in [6, 6.07) is 9.23. The van der Waals surface area contributed by atoms with E-state index in [1.54, 1.807) is 19.4 Å². The van der Waals surface area contributed by atoms with Gasteiger partial charge in [0.2, 0.25) is 0 Å². The minimum atomic E-state index is -0.0373. The molecule has 0 saturated carbocycles. The van der Waals surface area contributed by atoms with Crippen LogP contribution in [0.15, 0.2) is 36.5 Å². The van der Waals surface area contributed by atoms with Crippen LogP contribution in [-0.2, 0) is 9.47 Å². The molecule has 94 valence electrons. The summed E-state index contributed by atoms with van der Waals surface area (Å²) >= 11 is 0. The van der Waals surface area contributed by atoms with Crippen molar-refractivity contribution >= 4 is 16.7 Å². The van der Waals surface area contributed by atoms with Gasteiger partial charge < -0.3 is 9.47 Å². The van der Waals surface area contributed by atoms with Gasteiger partial charge in [0, 0.05) is 24.3 Å². The molecule has 0 fully saturated rings. The minimum absolute atomic E-state index is 0.0373. The maximum atomic E-state index is 12.0. The molecular formula is C14H15NO3. The molecule has 0 aliphatic rings. The predicted octanol–water partition coefficient (Wildman–Crippen LogP) is 2.08. The first-order valence-electron chi connectivity index (χ1n) is 5.76. The van der Waals surface area contributed by atoms with Crippen LogP contribution in [0.2, 0.25) is 0 Å². The number of carbonyl (C=O) groups excluding carboxylic acids is 1. The Kier molecular flexibility index (Phi) is 4.39. The zero-order valence-electron chi connectivity index (χ0n) is 10.3. The summed E-state index contributed by atoms with van der Waals surface area (Å²) in [5.41, 5.74) is 1.47. The van der Waals surface area contributed by atoms with E-state index < -0.39 is 0 Å². The van der Waals surface area contributed by atoms with Crippen LogP contribution < -0.4 is 0 Å². The Morgan fingerprint density at radius 1 is 1.22 bits per heavy atom. The lowest BCUT2D eigenvalue weighted by molar-refractivity contribution is 0.0578. The fourth-order valence-corrected chi connectivity index (χ4v) is 1.73. The van der Waals surface area contributed by atoms with Crippen molar-refractivity contribution in [1.29, 1.82) is 0 Å². The summed E-state index contributed by atoms with van der Waals surface area (Å²) in [5.74, 6) is -0.0373. The Bertz CT molecular complexity index is 534. The number of hydrogen-bond acceptors (Lipinski definition) is 4. The van der Waals surface area contributed by atoms with E-state index in [0.29, 0.717) is 18.8 Å². The molecule has 0 atom stereocenters. The van der Waals surface area contributed by atoms with E-state index in [9.17, 15) is 4.79 Å². The van der Waals surface area contributed by atoms with Crippen LogP contribution in [0.4, 0.5) is 0 Å². The molecule has 2 aromatic rings. The molecule has 0 spiro atoms. The van der Waals surface area contributed by atoms with E-state index in [1.165, 1.54) is 0 Å². The first kappa shape index (κ1) is 12.7. The lowest BCUT2D eigenvalue weighted by Crippen LogP contribution is -2.12. The Hall–Kier alpha value is -1.78. The molecule has 1 aromatic carbocycles. The zero-order chi connectivity index (χ0) is 12.8. The van der Waals surface area contributed by atoms with Gasteiger partial charge in [-0.3, -0.25) is 9.78 Å². The normalized spacial score (nSPS) is 10.7. The van der Waals surface area contributed by atoms with Crippen molar-refractivity contribution in [3.8, 4) is 0 Å². The largest absolute Gasteiger partial charge is 0.382 e. The van der Waals surface area contributed by atoms with Crippen LogP contribution in [0.3, 0.4) is 0 Å². The number of benzene rings is 1. The average molecular weight is 245 g/mol. The standard InChI is InChI=1S/C14H15NO3/c1-17-8-9-18-10-14(16)12-4-2-6-13-11(12)5-3-7-15-13/h2-7H,8-10H2,1H3. The summed E-state index contributed by atoms with van der Waals surface area (Å²) in [6.07, 6.45) is 1.71. The Morgan fingerprint density at radius 2 is 2.11 bits per heavy atom. The van der Waals surface area contributed by atoms with E-state index in [0.717, 1.165) is 10.9 Å². The molecular weight excluding hydrogens is 230 g/mol. The monoisotopic (exact) mass is 245 g/mol. The highest BCUT2D eigenvalue weighted by atomic mass is 16.5. The van der Waals surface area contributed by atoms with Crippen molar-refractivity contribution < 1.29 is 14.3 Å². The molecule has 0 amide bonds. The van der Waals surface area contributed by atoms with Crippen molar-refractivity contribution in [1.82, 2.24) is 4.98 Å². The smallest absolute Gasteiger partial charge is 0.189 e. The molecule has 0 bridgehead atoms. The maximum Gasteiger partial charge on any atom is 0.189 e. The predicted molar refractivity (Wildman–Crippen MR) is 68.8 cm³/mol. The van der Waals surface area contributed by atoms with Crippen molar-refractivity contribution in [2.75, 3.05) is 26.9 Å². The number of aromatic nitrogens is 1. The van der Waals surface area contributed by atoms with Gasteiger partial charge in [0.05, 0.1) is 18.7 Å². The van der Waals surface area contributed by atoms with E-state index in [2.05, 4.69) is 4.98 Å². The van der Waals surface area contributed by atoms with Gasteiger partial charge >= 0.3 is 0 Å². The molecule has 0 aliphatic carbocycles. The van der Waals surface area contributed by atoms with Gasteiger partial charge in [-0.1, -0.05) is 18.2 Å². The van der Waals surface area contributed by atoms with E-state index in [1.807, 2.05) is 24.3 Å². The number of rotatable bonds is 6. The molecule has 18 heavy (non-hydrogen) atoms. The number of methoxy groups -OCH3 is 1. The van der Waals surface area contributed by atoms with Gasteiger partial charge in [-0.15, -0.1) is 0 Å². The summed E-state index contributed by atoms with van der Waals surface area (Å²) < 4.78 is 10.1. The van der Waals surface area contributed by atoms with Crippen LogP contribution >= 0.6 is 0 Å². The van der Waals surface area contributed by atoms with Crippen LogP contribution in [0, 0.1) is 0 Å². The number of pyridine rings is 1. The lowest BCUT2D eigenvalue weighted by Gasteiger charge is -2.06. The quantitative estimate of drug-likeness (QED) is 0.577. The molecule has 0 radical (unpaired) electrons. The third-order valence-corrected chi connectivity index (χ3v) is 2.61. The first-order chi connectivity index (χ1) is 8.83. The van der Waals surface area contributed by atoms with Gasteiger partial charge in [-0.2, -0.15) is 0 Å². The zero-order valence-corrected chi connectivity index (χ0v) is 10.3. The van der Waals surface area contributed by atoms with E-state index >= 15 is 0 Å². The number of fused-ring (bicyclic) bond motifs is 1. The molecule has 0 unspecified atom stereocenters. The number of Topliss-reactive ketones (excluding diaryl/α,β-unsaturated/α-hetero) is 1. The Morgan fingerprint density at radius 3 is 2.94 bits per heavy atom. The molecule has 0 saturated heterocycles. The molecule has 4 heteroatoms. The van der Waals surface area contributed by atoms with Gasteiger partial charge in [0.15, 0.2) is 5.78 Å². The minimum Gasteiger partial charge on any atom is -0.382 e. The number of nitrogens with zero attached hydrogens (tertiary/aromatic N) is 1. The fourth-order valence-electron chi connectivity index (χ4n) is 1.73. The maximum absolute atomic E-state index is 12.0. The number of hydrogen-bond donors (Lipinski definition) is 0. The fraction of sp³-hybridized carbons (Fsp3) is 0.286. The van der Waals surface area contributed by atoms with Gasteiger partial charge in [0.25, 0.3) is 0 Å². The summed E-state index contributed by atoms with van der Waals surface area (Å²) in [6.45, 7) is 0.979. The number of carbonyl (C=O) groups is 1. The van der Waals surface area contributed by atoms with Crippen molar-refractivity contribution in [2.24, 2.45) is 0 Å². The molecule has 0 aliphatic heterocycles. The summed E-state index contributed by atoms with van der Waals surface area (Å²) in [4.78, 5) is 16.2. The molecule has 1 aromatic heterocycles. The molecule has 4 nitrogen and oxygen atoms in total. The third-order valence-electron chi connectivity index (χ3n) is 2.61. The lowest BCUT2D eigenvalue weighted by atomic mass is 10.1. The Labute approximate surface area is 106 Å². The van der Waals surface area contributed by atoms with Crippen molar-refractivity contribution in [2.45, 2.75) is 0 Å². The highest BCUT2D eigenvalue weighted by Crippen LogP contribution is 2.16. The second kappa shape index (κ2) is 6.23. The van der Waals surface area contributed by atoms with Crippen LogP contribution in [-0.4, -0.2) is 37.7 Å². The highest BCUT2D eigenvalue weighted by Gasteiger charge is 2.10. The van der Waals surface area contributed by atoms with Gasteiger partial charge in [0.1, 0.15) is 6.61 Å². The third kappa shape index (κ3) is 2.91. The first-order valence-corrected chi connectivity index (χ1v) is 5.76. The van der Waals surface area contributed by atoms with Gasteiger partial charge in [-0.05, 0) is 12.1 Å². The average Bonchev–Trinajstić information content (AvgIpc) is 2.43. The summed E-state index contributed by atoms with van der Waals surface area (Å²) in [5, 5.41) is 0.861. The number of ether oxygens (including phenoxy) is 2. The van der Waals surface area contributed by atoms with Gasteiger partial charge in [-0.25, -0.2) is 0 Å². The van der Waals surface area contributed by atoms with Crippen LogP contribution in [0.25, 0.3) is 10.9 Å². The number of ketones is 1. The molecule has 0 N–H and O–H groups in total. The molecule has 1 heterocycles. The van der Waals surface area contributed by atoms with E-state index in [-0.39, 0.29) is 12.4 Å². The SMILES string of the molecule is COCCOCC(=O)c1cccc2ncccc12. The molecule has 2 rings (SSSR count). The van der Waals surface area contributed by atoms with Crippen LogP contribution in [0.5, 0.6) is 0 Å².